The summed E-state index contributed by atoms with van der Waals surface area (Å²) in [4.78, 5) is 56.5. The molecule has 0 bridgehead atoms. The van der Waals surface area contributed by atoms with Gasteiger partial charge in [0.05, 0.1) is 28.6 Å². The number of anilines is 2. The summed E-state index contributed by atoms with van der Waals surface area (Å²) in [6.07, 6.45) is 10.2. The number of carbonyl (C=O) groups excluding carboxylic acids is 4. The van der Waals surface area contributed by atoms with Crippen molar-refractivity contribution in [3.8, 4) is 0 Å². The van der Waals surface area contributed by atoms with E-state index in [4.69, 9.17) is 22.3 Å². The summed E-state index contributed by atoms with van der Waals surface area (Å²) in [7, 11) is 0. The average Bonchev–Trinajstić information content (AvgIpc) is 3.69. The topological polar surface area (TPSA) is 239 Å². The Morgan fingerprint density at radius 3 is 1.56 bits per heavy atom. The minimum absolute atomic E-state index is 0.0880. The second-order valence-corrected chi connectivity index (χ2v) is 13.8. The zero-order chi connectivity index (χ0) is 38.2. The number of nitrogens with zero attached hydrogens (tertiary/aromatic N) is 3. The molecule has 0 saturated carbocycles. The van der Waals surface area contributed by atoms with E-state index in [0.29, 0.717) is 99.3 Å². The van der Waals surface area contributed by atoms with Crippen LogP contribution in [0.25, 0.3) is 0 Å². The molecule has 15 nitrogen and oxygen atoms in total. The molecule has 282 valence electrons. The zero-order valence-corrected chi connectivity index (χ0v) is 30.8. The van der Waals surface area contributed by atoms with Crippen LogP contribution in [-0.2, 0) is 13.1 Å². The molecule has 3 rings (SSSR count). The van der Waals surface area contributed by atoms with Crippen molar-refractivity contribution in [1.29, 1.82) is 10.8 Å². The minimum Gasteiger partial charge on any atom is -0.388 e. The molecule has 4 amide bonds. The van der Waals surface area contributed by atoms with Gasteiger partial charge in [-0.25, -0.2) is 0 Å². The maximum atomic E-state index is 13.2. The molecule has 0 atom stereocenters. The number of amidine groups is 2. The highest BCUT2D eigenvalue weighted by Gasteiger charge is 2.19. The van der Waals surface area contributed by atoms with Crippen LogP contribution in [0.3, 0.4) is 0 Å². The van der Waals surface area contributed by atoms with E-state index in [0.717, 1.165) is 12.8 Å². The Morgan fingerprint density at radius 1 is 0.692 bits per heavy atom. The number of aryl methyl sites for hydroxylation is 2. The summed E-state index contributed by atoms with van der Waals surface area (Å²) in [5, 5.41) is 26.1. The van der Waals surface area contributed by atoms with Gasteiger partial charge < -0.3 is 41.9 Å². The lowest BCUT2D eigenvalue weighted by atomic mass is 10.1. The maximum absolute atomic E-state index is 13.2. The van der Waals surface area contributed by atoms with Crippen LogP contribution in [-0.4, -0.2) is 62.5 Å². The lowest BCUT2D eigenvalue weighted by Crippen LogP contribution is -2.27. The van der Waals surface area contributed by atoms with Crippen molar-refractivity contribution in [2.24, 2.45) is 23.3 Å². The fraction of sp³-hybridized carbons (Fsp3) is 0.486. The van der Waals surface area contributed by atoms with Gasteiger partial charge in [0.1, 0.15) is 17.1 Å². The van der Waals surface area contributed by atoms with Crippen molar-refractivity contribution >= 4 is 46.7 Å². The van der Waals surface area contributed by atoms with Crippen LogP contribution in [0.4, 0.5) is 11.4 Å². The van der Waals surface area contributed by atoms with Crippen LogP contribution >= 0.6 is 0 Å². The van der Waals surface area contributed by atoms with E-state index in [1.54, 1.807) is 24.5 Å². The summed E-state index contributed by atoms with van der Waals surface area (Å²) < 4.78 is 3.65. The standard InChI is InChI=1S/C37H55N11O4/c1-24(2)13-17-47-22-27(19-30(47)36(51)42-15-7-5-9-32(38)39)45-34(49)26-11-12-29(44-21-26)35(50)46-28-20-31(48(23-28)18-14-25(3)4)37(52)43-16-8-6-10-33(40)41/h11-12,19-25H,5-10,13-18H2,1-4H3,(H3,38,39)(H3,40,41)(H,42,51)(H,43,52)(H,45,49)(H,46,50). The van der Waals surface area contributed by atoms with Gasteiger partial charge in [-0.1, -0.05) is 27.7 Å². The molecule has 52 heavy (non-hydrogen) atoms. The Labute approximate surface area is 305 Å². The molecule has 3 heterocycles. The summed E-state index contributed by atoms with van der Waals surface area (Å²) >= 11 is 0. The Bertz CT molecular complexity index is 1570. The number of hydrogen-bond donors (Lipinski definition) is 8. The van der Waals surface area contributed by atoms with Gasteiger partial charge in [-0.2, -0.15) is 0 Å². The van der Waals surface area contributed by atoms with E-state index < -0.39 is 11.8 Å². The molecular formula is C37H55N11O4. The van der Waals surface area contributed by atoms with Crippen LogP contribution in [0.2, 0.25) is 0 Å². The van der Waals surface area contributed by atoms with E-state index in [9.17, 15) is 19.2 Å². The van der Waals surface area contributed by atoms with Gasteiger partial charge in [0.25, 0.3) is 23.6 Å². The molecule has 0 aliphatic heterocycles. The molecule has 0 spiro atoms. The van der Waals surface area contributed by atoms with Gasteiger partial charge >= 0.3 is 0 Å². The third-order valence-corrected chi connectivity index (χ3v) is 8.24. The van der Waals surface area contributed by atoms with Gasteiger partial charge in [0.15, 0.2) is 0 Å². The average molecular weight is 718 g/mol. The van der Waals surface area contributed by atoms with Crippen molar-refractivity contribution in [1.82, 2.24) is 24.8 Å². The van der Waals surface area contributed by atoms with Gasteiger partial charge in [0, 0.05) is 57.6 Å². The first-order valence-electron chi connectivity index (χ1n) is 17.9. The van der Waals surface area contributed by atoms with Crippen molar-refractivity contribution < 1.29 is 19.2 Å². The van der Waals surface area contributed by atoms with Crippen molar-refractivity contribution in [2.45, 2.75) is 92.2 Å². The smallest absolute Gasteiger partial charge is 0.274 e. The normalized spacial score (nSPS) is 11.0. The third-order valence-electron chi connectivity index (χ3n) is 8.24. The molecule has 0 aliphatic rings. The van der Waals surface area contributed by atoms with Gasteiger partial charge in [0.2, 0.25) is 0 Å². The first-order valence-corrected chi connectivity index (χ1v) is 17.9. The highest BCUT2D eigenvalue weighted by atomic mass is 16.2. The molecule has 0 saturated heterocycles. The van der Waals surface area contributed by atoms with Crippen LogP contribution < -0.4 is 32.7 Å². The number of rotatable bonds is 22. The summed E-state index contributed by atoms with van der Waals surface area (Å²) in [6.45, 7) is 10.5. The van der Waals surface area contributed by atoms with E-state index in [1.807, 2.05) is 9.13 Å². The zero-order valence-electron chi connectivity index (χ0n) is 30.8. The molecule has 0 unspecified atom stereocenters. The number of pyridine rings is 1. The quantitative estimate of drug-likeness (QED) is 0.0404. The fourth-order valence-electron chi connectivity index (χ4n) is 5.23. The molecule has 15 heteroatoms. The monoisotopic (exact) mass is 717 g/mol. The lowest BCUT2D eigenvalue weighted by Gasteiger charge is -2.11. The molecule has 0 radical (unpaired) electrons. The van der Waals surface area contributed by atoms with Crippen LogP contribution in [0.1, 0.15) is 121 Å². The van der Waals surface area contributed by atoms with Crippen molar-refractivity contribution in [2.75, 3.05) is 23.7 Å². The molecule has 0 fully saturated rings. The molecule has 10 N–H and O–H groups in total. The first-order chi connectivity index (χ1) is 24.7. The van der Waals surface area contributed by atoms with E-state index in [-0.39, 0.29) is 34.7 Å². The van der Waals surface area contributed by atoms with Crippen molar-refractivity contribution in [3.05, 3.63) is 65.5 Å². The molecule has 3 aromatic rings. The van der Waals surface area contributed by atoms with Gasteiger partial charge in [-0.15, -0.1) is 0 Å². The number of nitrogens with two attached hydrogens (primary N) is 2. The molecule has 0 aromatic carbocycles. The SMILES string of the molecule is CC(C)CCn1cc(NC(=O)c2ccc(C(=O)Nc3cc(C(=O)NCCCCC(=N)N)n(CCC(C)C)c3)nc2)cc1C(=O)NCCCCC(=N)N. The van der Waals surface area contributed by atoms with Gasteiger partial charge in [-0.3, -0.25) is 35.0 Å². The van der Waals surface area contributed by atoms with E-state index in [2.05, 4.69) is 53.9 Å². The predicted molar refractivity (Wildman–Crippen MR) is 204 cm³/mol. The molecular weight excluding hydrogens is 662 g/mol. The van der Waals surface area contributed by atoms with Crippen LogP contribution in [0.5, 0.6) is 0 Å². The largest absolute Gasteiger partial charge is 0.388 e. The Hall–Kier alpha value is -5.47. The van der Waals surface area contributed by atoms with Crippen LogP contribution in [0, 0.1) is 22.7 Å². The highest BCUT2D eigenvalue weighted by molar-refractivity contribution is 6.07. The lowest BCUT2D eigenvalue weighted by molar-refractivity contribution is 0.0935. The predicted octanol–water partition coefficient (Wildman–Crippen LogP) is 4.95. The number of aromatic nitrogens is 3. The Morgan fingerprint density at radius 2 is 1.15 bits per heavy atom. The maximum Gasteiger partial charge on any atom is 0.274 e. The number of nitrogens with one attached hydrogen (secondary N) is 6. The fourth-order valence-corrected chi connectivity index (χ4v) is 5.23. The highest BCUT2D eigenvalue weighted by Crippen LogP contribution is 2.19. The number of unbranched alkanes of at least 4 members (excludes halogenated alkanes) is 2. The second kappa shape index (κ2) is 20.4. The summed E-state index contributed by atoms with van der Waals surface area (Å²) in [6, 6.07) is 6.21. The first kappa shape index (κ1) is 41.0. The Kier molecular flexibility index (Phi) is 16.1. The van der Waals surface area contributed by atoms with Gasteiger partial charge in [-0.05, 0) is 74.6 Å². The third kappa shape index (κ3) is 13.7. The summed E-state index contributed by atoms with van der Waals surface area (Å²) in [5.74, 6) is -0.392. The number of hydrogen-bond acceptors (Lipinski definition) is 7. The summed E-state index contributed by atoms with van der Waals surface area (Å²) in [5.41, 5.74) is 12.9. The minimum atomic E-state index is -0.497. The second-order valence-electron chi connectivity index (χ2n) is 13.8. The number of amides is 4. The van der Waals surface area contributed by atoms with Crippen molar-refractivity contribution in [3.63, 3.8) is 0 Å². The van der Waals surface area contributed by atoms with E-state index >= 15 is 0 Å². The number of carbonyl (C=O) groups is 4. The van der Waals surface area contributed by atoms with Crippen LogP contribution in [0.15, 0.2) is 42.9 Å². The Balaban J connectivity index is 1.65. The molecule has 3 aromatic heterocycles. The molecule has 0 aliphatic carbocycles. The van der Waals surface area contributed by atoms with E-state index in [1.165, 1.54) is 18.3 Å².